The highest BCUT2D eigenvalue weighted by Crippen LogP contribution is 2.44. The number of fused-ring (bicyclic) bond motifs is 3. The van der Waals surface area contributed by atoms with Crippen molar-refractivity contribution in [2.24, 2.45) is 5.92 Å². The average Bonchev–Trinajstić information content (AvgIpc) is 3.07. The van der Waals surface area contributed by atoms with Crippen LogP contribution in [-0.4, -0.2) is 41.8 Å². The Hall–Kier alpha value is -3.35. The molecule has 0 unspecified atom stereocenters. The predicted molar refractivity (Wildman–Crippen MR) is 117 cm³/mol. The first-order valence-electron chi connectivity index (χ1n) is 10.5. The minimum absolute atomic E-state index is 0.0824. The lowest BCUT2D eigenvalue weighted by molar-refractivity contribution is -0.142. The first-order chi connectivity index (χ1) is 14.8. The van der Waals surface area contributed by atoms with E-state index >= 15 is 0 Å². The number of ether oxygens (including phenoxy) is 1. The summed E-state index contributed by atoms with van der Waals surface area (Å²) in [5, 5.41) is 14.2. The zero-order valence-corrected chi connectivity index (χ0v) is 17.9. The molecule has 0 saturated heterocycles. The molecule has 0 heterocycles. The number of hydrogen-bond donors (Lipinski definition) is 3. The second-order valence-electron chi connectivity index (χ2n) is 8.00. The molecule has 7 nitrogen and oxygen atoms in total. The van der Waals surface area contributed by atoms with Gasteiger partial charge in [0.2, 0.25) is 5.91 Å². The van der Waals surface area contributed by atoms with E-state index in [2.05, 4.69) is 22.8 Å². The fraction of sp³-hybridized carbons (Fsp3) is 0.375. The van der Waals surface area contributed by atoms with Gasteiger partial charge in [0.25, 0.3) is 0 Å². The molecule has 1 aliphatic rings. The fourth-order valence-electron chi connectivity index (χ4n) is 3.90. The van der Waals surface area contributed by atoms with Crippen LogP contribution in [0.4, 0.5) is 4.79 Å². The molecule has 0 radical (unpaired) electrons. The molecule has 31 heavy (non-hydrogen) atoms. The van der Waals surface area contributed by atoms with Crippen molar-refractivity contribution in [3.05, 3.63) is 59.7 Å². The Morgan fingerprint density at radius 3 is 2.00 bits per heavy atom. The summed E-state index contributed by atoms with van der Waals surface area (Å²) in [4.78, 5) is 36.2. The van der Waals surface area contributed by atoms with Crippen LogP contribution >= 0.6 is 0 Å². The van der Waals surface area contributed by atoms with Crippen molar-refractivity contribution < 1.29 is 24.2 Å². The molecular formula is C24H28N2O5. The largest absolute Gasteiger partial charge is 0.480 e. The van der Waals surface area contributed by atoms with Crippen molar-refractivity contribution in [2.45, 2.75) is 45.2 Å². The molecule has 0 saturated carbocycles. The number of aliphatic carboxylic acids is 1. The molecule has 0 bridgehead atoms. The van der Waals surface area contributed by atoms with Crippen LogP contribution in [0.1, 0.15) is 44.2 Å². The standard InChI is InChI=1S/C24H28N2O5/c1-4-20(23(28)29)25-22(27)21(14(2)3)26-24(30)31-13-19-17-11-7-5-9-15(17)16-10-6-8-12-18(16)19/h5-12,14,19-21H,4,13H2,1-3H3,(H,25,27)(H,26,30)(H,28,29)/t20-,21-/m1/s1. The van der Waals surface area contributed by atoms with Gasteiger partial charge in [-0.2, -0.15) is 0 Å². The molecule has 164 valence electrons. The summed E-state index contributed by atoms with van der Waals surface area (Å²) in [5.74, 6) is -1.98. The molecule has 7 heteroatoms. The Balaban J connectivity index is 1.66. The average molecular weight is 424 g/mol. The minimum atomic E-state index is -1.11. The van der Waals surface area contributed by atoms with Crippen LogP contribution in [0.25, 0.3) is 11.1 Å². The minimum Gasteiger partial charge on any atom is -0.480 e. The number of rotatable bonds is 8. The van der Waals surface area contributed by atoms with E-state index in [1.165, 1.54) is 0 Å². The van der Waals surface area contributed by atoms with E-state index in [9.17, 15) is 14.4 Å². The van der Waals surface area contributed by atoms with Crippen molar-refractivity contribution in [1.29, 1.82) is 0 Å². The molecule has 0 fully saturated rings. The Bertz CT molecular complexity index is 926. The lowest BCUT2D eigenvalue weighted by Crippen LogP contribution is -2.53. The van der Waals surface area contributed by atoms with Gasteiger partial charge >= 0.3 is 12.1 Å². The zero-order chi connectivity index (χ0) is 22.5. The number of benzene rings is 2. The summed E-state index contributed by atoms with van der Waals surface area (Å²) >= 11 is 0. The first-order valence-corrected chi connectivity index (χ1v) is 10.5. The third-order valence-corrected chi connectivity index (χ3v) is 5.59. The van der Waals surface area contributed by atoms with Crippen molar-refractivity contribution in [2.75, 3.05) is 6.61 Å². The monoisotopic (exact) mass is 424 g/mol. The number of carbonyl (C=O) groups is 3. The van der Waals surface area contributed by atoms with Crippen LogP contribution in [0.3, 0.4) is 0 Å². The van der Waals surface area contributed by atoms with E-state index in [1.54, 1.807) is 20.8 Å². The fourth-order valence-corrected chi connectivity index (χ4v) is 3.90. The van der Waals surface area contributed by atoms with Crippen LogP contribution in [0, 0.1) is 5.92 Å². The lowest BCUT2D eigenvalue weighted by atomic mass is 9.98. The Labute approximate surface area is 181 Å². The molecule has 2 aromatic rings. The molecule has 3 rings (SSSR count). The van der Waals surface area contributed by atoms with Gasteiger partial charge in [0.15, 0.2) is 0 Å². The third-order valence-electron chi connectivity index (χ3n) is 5.59. The number of carbonyl (C=O) groups excluding carboxylic acids is 2. The molecule has 2 atom stereocenters. The number of amides is 2. The van der Waals surface area contributed by atoms with Gasteiger partial charge in [-0.25, -0.2) is 9.59 Å². The van der Waals surface area contributed by atoms with Crippen LogP contribution in [0.5, 0.6) is 0 Å². The Morgan fingerprint density at radius 1 is 0.968 bits per heavy atom. The van der Waals surface area contributed by atoms with Gasteiger partial charge in [0, 0.05) is 5.92 Å². The Kier molecular flexibility index (Phi) is 6.95. The van der Waals surface area contributed by atoms with Gasteiger partial charge in [0.05, 0.1) is 0 Å². The maximum Gasteiger partial charge on any atom is 0.407 e. The van der Waals surface area contributed by atoms with E-state index in [4.69, 9.17) is 9.84 Å². The summed E-state index contributed by atoms with van der Waals surface area (Å²) < 4.78 is 5.50. The normalized spacial score (nSPS) is 14.3. The summed E-state index contributed by atoms with van der Waals surface area (Å²) in [6, 6.07) is 14.2. The Morgan fingerprint density at radius 2 is 1.52 bits per heavy atom. The van der Waals surface area contributed by atoms with E-state index < -0.39 is 30.1 Å². The number of hydrogen-bond acceptors (Lipinski definition) is 4. The van der Waals surface area contributed by atoms with Crippen molar-refractivity contribution in [3.8, 4) is 11.1 Å². The van der Waals surface area contributed by atoms with Gasteiger partial charge in [-0.3, -0.25) is 4.79 Å². The van der Waals surface area contributed by atoms with E-state index in [-0.39, 0.29) is 24.9 Å². The van der Waals surface area contributed by atoms with Gasteiger partial charge in [0.1, 0.15) is 18.7 Å². The van der Waals surface area contributed by atoms with Crippen LogP contribution in [0.2, 0.25) is 0 Å². The summed E-state index contributed by atoms with van der Waals surface area (Å²) in [5.41, 5.74) is 4.46. The van der Waals surface area contributed by atoms with Gasteiger partial charge < -0.3 is 20.5 Å². The van der Waals surface area contributed by atoms with Crippen LogP contribution in [-0.2, 0) is 14.3 Å². The molecule has 1 aliphatic carbocycles. The van der Waals surface area contributed by atoms with Gasteiger partial charge in [-0.05, 0) is 34.6 Å². The highest BCUT2D eigenvalue weighted by atomic mass is 16.5. The molecule has 0 spiro atoms. The maximum absolute atomic E-state index is 12.5. The smallest absolute Gasteiger partial charge is 0.407 e. The molecule has 2 amide bonds. The maximum atomic E-state index is 12.5. The number of alkyl carbamates (subject to hydrolysis) is 1. The number of carboxylic acid groups (broad SMARTS) is 1. The first kappa shape index (κ1) is 22.3. The van der Waals surface area contributed by atoms with Crippen LogP contribution in [0.15, 0.2) is 48.5 Å². The van der Waals surface area contributed by atoms with Crippen molar-refractivity contribution >= 4 is 18.0 Å². The SMILES string of the molecule is CC[C@@H](NC(=O)[C@H](NC(=O)OCC1c2ccccc2-c2ccccc21)C(C)C)C(=O)O. The number of carboxylic acids is 1. The highest BCUT2D eigenvalue weighted by molar-refractivity contribution is 5.89. The summed E-state index contributed by atoms with van der Waals surface area (Å²) in [6.45, 7) is 5.35. The van der Waals surface area contributed by atoms with Crippen molar-refractivity contribution in [1.82, 2.24) is 10.6 Å². The van der Waals surface area contributed by atoms with Crippen LogP contribution < -0.4 is 10.6 Å². The topological polar surface area (TPSA) is 105 Å². The quantitative estimate of drug-likeness (QED) is 0.601. The predicted octanol–water partition coefficient (Wildman–Crippen LogP) is 3.53. The van der Waals surface area contributed by atoms with E-state index in [0.29, 0.717) is 0 Å². The van der Waals surface area contributed by atoms with Crippen molar-refractivity contribution in [3.63, 3.8) is 0 Å². The zero-order valence-electron chi connectivity index (χ0n) is 17.9. The lowest BCUT2D eigenvalue weighted by Gasteiger charge is -2.24. The summed E-state index contributed by atoms with van der Waals surface area (Å²) in [6.07, 6.45) is -0.462. The molecule has 0 aromatic heterocycles. The van der Waals surface area contributed by atoms with E-state index in [0.717, 1.165) is 22.3 Å². The summed E-state index contributed by atoms with van der Waals surface area (Å²) in [7, 11) is 0. The third kappa shape index (κ3) is 4.87. The second-order valence-corrected chi connectivity index (χ2v) is 8.00. The van der Waals surface area contributed by atoms with Gasteiger partial charge in [-0.1, -0.05) is 69.3 Å². The second kappa shape index (κ2) is 9.64. The number of nitrogens with one attached hydrogen (secondary N) is 2. The molecule has 2 aromatic carbocycles. The highest BCUT2D eigenvalue weighted by Gasteiger charge is 2.31. The van der Waals surface area contributed by atoms with Gasteiger partial charge in [-0.15, -0.1) is 0 Å². The molecule has 0 aliphatic heterocycles. The van der Waals surface area contributed by atoms with E-state index in [1.807, 2.05) is 36.4 Å². The molecular weight excluding hydrogens is 396 g/mol. The molecule has 3 N–H and O–H groups in total.